The number of halogens is 1. The molecule has 0 unspecified atom stereocenters. The maximum atomic E-state index is 7.91. The van der Waals surface area contributed by atoms with Gasteiger partial charge >= 0.3 is 0 Å². The third-order valence-corrected chi connectivity index (χ3v) is 3.09. The molecule has 21 heavy (non-hydrogen) atoms. The molecule has 0 aliphatic carbocycles. The van der Waals surface area contributed by atoms with Gasteiger partial charge < -0.3 is 14.0 Å². The van der Waals surface area contributed by atoms with Crippen LogP contribution in [-0.2, 0) is 6.98 Å². The van der Waals surface area contributed by atoms with Crippen molar-refractivity contribution in [3.8, 4) is 23.0 Å². The van der Waals surface area contributed by atoms with Crippen molar-refractivity contribution in [2.24, 2.45) is 6.98 Å². The quantitative estimate of drug-likeness (QED) is 0.696. The van der Waals surface area contributed by atoms with Gasteiger partial charge in [-0.1, -0.05) is 11.6 Å². The molecule has 3 aromatic rings. The van der Waals surface area contributed by atoms with Crippen LogP contribution in [0, 0.1) is 0 Å². The van der Waals surface area contributed by atoms with Gasteiger partial charge in [0.1, 0.15) is 17.0 Å². The first-order chi connectivity index (χ1) is 13.7. The molecule has 0 spiro atoms. The summed E-state index contributed by atoms with van der Waals surface area (Å²) >= 11 is 5.89. The minimum atomic E-state index is -2.97. The molecule has 0 bridgehead atoms. The van der Waals surface area contributed by atoms with Crippen molar-refractivity contribution in [3.63, 3.8) is 0 Å². The standard InChI is InChI=1S/C14H13ClN4O2/c1-19-9(4-8-5-11(15)16-6-10(8)19)12-13(20-2)17-7-18-14(12)21-3/h4-7H,1-3H3/i1D3,2D3,3D3. The van der Waals surface area contributed by atoms with Crippen molar-refractivity contribution in [2.45, 2.75) is 0 Å². The molecule has 0 saturated heterocycles. The Kier molecular flexibility index (Phi) is 1.64. The topological polar surface area (TPSA) is 62.1 Å². The average Bonchev–Trinajstić information content (AvgIpc) is 2.89. The third-order valence-electron chi connectivity index (χ3n) is 2.88. The molecule has 0 N–H and O–H groups in total. The van der Waals surface area contributed by atoms with Gasteiger partial charge in [0.25, 0.3) is 0 Å². The average molecular weight is 314 g/mol. The van der Waals surface area contributed by atoms with Gasteiger partial charge in [-0.3, -0.25) is 0 Å². The SMILES string of the molecule is [2H]C([2H])([2H])Oc1ncnc(OC([2H])([2H])[2H])c1-c1cc2cc(Cl)ncc2n1C([2H])([2H])[2H]. The van der Waals surface area contributed by atoms with Crippen LogP contribution >= 0.6 is 11.6 Å². The molecule has 3 rings (SSSR count). The summed E-state index contributed by atoms with van der Waals surface area (Å²) in [5, 5.41) is 0.420. The first-order valence-electron chi connectivity index (χ1n) is 10.1. The van der Waals surface area contributed by atoms with Crippen LogP contribution in [0.3, 0.4) is 0 Å². The highest BCUT2D eigenvalue weighted by atomic mass is 35.5. The number of rotatable bonds is 3. The lowest BCUT2D eigenvalue weighted by atomic mass is 10.2. The zero-order chi connectivity index (χ0) is 22.5. The van der Waals surface area contributed by atoms with Crippen LogP contribution in [-0.4, -0.2) is 33.6 Å². The summed E-state index contributed by atoms with van der Waals surface area (Å²) < 4.78 is 78.4. The molecule has 0 aromatic carbocycles. The van der Waals surface area contributed by atoms with E-state index in [0.29, 0.717) is 5.39 Å². The molecule has 0 aliphatic heterocycles. The molecule has 0 fully saturated rings. The van der Waals surface area contributed by atoms with E-state index in [1.807, 2.05) is 0 Å². The Morgan fingerprint density at radius 2 is 1.90 bits per heavy atom. The molecule has 7 heteroatoms. The Labute approximate surface area is 139 Å². The molecule has 6 nitrogen and oxygen atoms in total. The normalized spacial score (nSPS) is 19.0. The Morgan fingerprint density at radius 3 is 2.57 bits per heavy atom. The second-order valence-electron chi connectivity index (χ2n) is 3.99. The van der Waals surface area contributed by atoms with E-state index in [4.69, 9.17) is 33.4 Å². The summed E-state index contributed by atoms with van der Waals surface area (Å²) in [6.45, 7) is -2.78. The van der Waals surface area contributed by atoms with Crippen molar-refractivity contribution in [3.05, 3.63) is 29.8 Å². The zero-order valence-electron chi connectivity index (χ0n) is 19.3. The minimum absolute atomic E-state index is 0.0824. The van der Waals surface area contributed by atoms with Gasteiger partial charge in [-0.25, -0.2) is 15.0 Å². The lowest BCUT2D eigenvalue weighted by Gasteiger charge is -2.11. The van der Waals surface area contributed by atoms with Gasteiger partial charge in [-0.15, -0.1) is 0 Å². The van der Waals surface area contributed by atoms with Crippen LogP contribution in [0.2, 0.25) is 5.15 Å². The lowest BCUT2D eigenvalue weighted by molar-refractivity contribution is 0.374. The van der Waals surface area contributed by atoms with E-state index in [1.165, 1.54) is 18.3 Å². The largest absolute Gasteiger partial charge is 0.480 e. The number of aryl methyl sites for hydroxylation is 1. The Morgan fingerprint density at radius 1 is 1.14 bits per heavy atom. The van der Waals surface area contributed by atoms with E-state index >= 15 is 0 Å². The molecule has 3 aromatic heterocycles. The smallest absolute Gasteiger partial charge is 0.229 e. The first kappa shape index (κ1) is 6.62. The lowest BCUT2D eigenvalue weighted by Crippen LogP contribution is -2.01. The summed E-state index contributed by atoms with van der Waals surface area (Å²) in [5.41, 5.74) is -0.417. The Hall–Kier alpha value is -2.34. The van der Waals surface area contributed by atoms with Crippen LogP contribution < -0.4 is 9.47 Å². The number of fused-ring (bicyclic) bond motifs is 1. The zero-order valence-corrected chi connectivity index (χ0v) is 11.0. The fourth-order valence-corrected chi connectivity index (χ4v) is 2.16. The molecule has 0 saturated carbocycles. The van der Waals surface area contributed by atoms with Gasteiger partial charge in [0, 0.05) is 16.5 Å². The number of pyridine rings is 1. The number of aromatic nitrogens is 4. The predicted molar refractivity (Wildman–Crippen MR) is 79.9 cm³/mol. The van der Waals surface area contributed by atoms with E-state index in [2.05, 4.69) is 15.0 Å². The van der Waals surface area contributed by atoms with E-state index < -0.39 is 32.8 Å². The summed E-state index contributed by atoms with van der Waals surface area (Å²) in [7, 11) is -5.94. The van der Waals surface area contributed by atoms with Crippen LogP contribution in [0.4, 0.5) is 0 Å². The fourth-order valence-electron chi connectivity index (χ4n) is 1.99. The highest BCUT2D eigenvalue weighted by Crippen LogP contribution is 2.37. The molecular formula is C14H13ClN4O2. The maximum absolute atomic E-state index is 7.91. The van der Waals surface area contributed by atoms with Gasteiger partial charge in [0.2, 0.25) is 11.8 Å². The number of hydrogen-bond acceptors (Lipinski definition) is 5. The minimum Gasteiger partial charge on any atom is -0.480 e. The van der Waals surface area contributed by atoms with Crippen LogP contribution in [0.5, 0.6) is 11.8 Å². The third kappa shape index (κ3) is 2.17. The van der Waals surface area contributed by atoms with Crippen LogP contribution in [0.15, 0.2) is 24.7 Å². The second-order valence-corrected chi connectivity index (χ2v) is 4.38. The van der Waals surface area contributed by atoms with Gasteiger partial charge in [0.05, 0.1) is 39.7 Å². The van der Waals surface area contributed by atoms with E-state index in [1.54, 1.807) is 0 Å². The Bertz CT molecular complexity index is 1060. The summed E-state index contributed by atoms with van der Waals surface area (Å²) in [6.07, 6.45) is 2.05. The first-order valence-corrected chi connectivity index (χ1v) is 5.94. The molecule has 3 heterocycles. The van der Waals surface area contributed by atoms with Gasteiger partial charge in [-0.2, -0.15) is 0 Å². The monoisotopic (exact) mass is 313 g/mol. The summed E-state index contributed by atoms with van der Waals surface area (Å²) in [6, 6.07) is 2.73. The van der Waals surface area contributed by atoms with Crippen molar-refractivity contribution < 1.29 is 21.8 Å². The highest BCUT2D eigenvalue weighted by molar-refractivity contribution is 6.30. The molecule has 0 atom stereocenters. The number of nitrogens with zero attached hydrogens (tertiary/aromatic N) is 4. The second kappa shape index (κ2) is 5.21. The number of hydrogen-bond donors (Lipinski definition) is 0. The predicted octanol–water partition coefficient (Wildman–Crippen LogP) is 2.70. The van der Waals surface area contributed by atoms with E-state index in [0.717, 1.165) is 10.9 Å². The molecule has 0 aliphatic rings. The number of ether oxygens (including phenoxy) is 2. The van der Waals surface area contributed by atoms with Crippen LogP contribution in [0.1, 0.15) is 12.3 Å². The summed E-state index contributed by atoms with van der Waals surface area (Å²) in [5.74, 6) is -1.17. The van der Waals surface area contributed by atoms with Gasteiger partial charge in [-0.05, 0) is 12.1 Å². The number of methoxy groups -OCH3 is 2. The van der Waals surface area contributed by atoms with Crippen molar-refractivity contribution in [1.29, 1.82) is 0 Å². The molecular weight excluding hydrogens is 292 g/mol. The maximum Gasteiger partial charge on any atom is 0.229 e. The van der Waals surface area contributed by atoms with Crippen molar-refractivity contribution in [1.82, 2.24) is 19.5 Å². The highest BCUT2D eigenvalue weighted by Gasteiger charge is 2.19. The molecule has 0 amide bonds. The molecule has 0 radical (unpaired) electrons. The summed E-state index contributed by atoms with van der Waals surface area (Å²) in [4.78, 5) is 11.4. The fraction of sp³-hybridized carbons (Fsp3) is 0.214. The van der Waals surface area contributed by atoms with E-state index in [-0.39, 0.29) is 21.9 Å². The Balaban J connectivity index is 2.39. The molecule has 108 valence electrons. The van der Waals surface area contributed by atoms with Crippen molar-refractivity contribution in [2.75, 3.05) is 14.1 Å². The van der Waals surface area contributed by atoms with E-state index in [9.17, 15) is 0 Å². The van der Waals surface area contributed by atoms with Gasteiger partial charge in [0.15, 0.2) is 0 Å². The van der Waals surface area contributed by atoms with Crippen molar-refractivity contribution >= 4 is 22.5 Å². The van der Waals surface area contributed by atoms with Crippen LogP contribution in [0.25, 0.3) is 22.2 Å².